The molecule has 1 heterocycles. The molecule has 2 rings (SSSR count). The number of nitrogens with one attached hydrogen (secondary N) is 1. The molecule has 0 atom stereocenters. The van der Waals surface area contributed by atoms with Crippen LogP contribution < -0.4 is 11.2 Å². The Morgan fingerprint density at radius 1 is 1.38 bits per heavy atom. The monoisotopic (exact) mass is 393 g/mol. The summed E-state index contributed by atoms with van der Waals surface area (Å²) in [6.07, 6.45) is 2.33. The highest BCUT2D eigenvalue weighted by atomic mass is 35.5. The van der Waals surface area contributed by atoms with Crippen LogP contribution in [0, 0.1) is 11.2 Å². The number of carbonyl (C=O) groups excluding carboxylic acids is 1. The Morgan fingerprint density at radius 3 is 2.54 bits per heavy atom. The van der Waals surface area contributed by atoms with Gasteiger partial charge in [-0.2, -0.15) is 0 Å². The first-order valence-corrected chi connectivity index (χ1v) is 8.59. The summed E-state index contributed by atoms with van der Waals surface area (Å²) < 4.78 is 38.2. The molecule has 1 aromatic carbocycles. The summed E-state index contributed by atoms with van der Waals surface area (Å²) in [6.45, 7) is -0.0810. The topological polar surface area (TPSA) is 106 Å². The van der Waals surface area contributed by atoms with Gasteiger partial charge in [0.25, 0.3) is 5.91 Å². The fourth-order valence-corrected chi connectivity index (χ4v) is 3.27. The van der Waals surface area contributed by atoms with E-state index in [-0.39, 0.29) is 45.5 Å². The van der Waals surface area contributed by atoms with E-state index in [1.165, 1.54) is 22.9 Å². The number of amides is 1. The van der Waals surface area contributed by atoms with Crippen LogP contribution in [0.2, 0.25) is 5.02 Å². The third-order valence-electron chi connectivity index (χ3n) is 3.14. The molecule has 6 nitrogen and oxygen atoms in total. The summed E-state index contributed by atoms with van der Waals surface area (Å²) in [6, 6.07) is 4.59. The lowest BCUT2D eigenvalue weighted by atomic mass is 10.2. The fourth-order valence-electron chi connectivity index (χ4n) is 2.11. The predicted octanol–water partition coefficient (Wildman–Crippen LogP) is 1.73. The minimum absolute atomic E-state index is 0. The molecule has 0 aliphatic heterocycles. The average Bonchev–Trinajstić information content (AvgIpc) is 2.42. The molecule has 3 N–H and O–H groups in total. The van der Waals surface area contributed by atoms with Crippen molar-refractivity contribution in [2.75, 3.05) is 6.26 Å². The summed E-state index contributed by atoms with van der Waals surface area (Å²) in [5.41, 5.74) is 5.14. The van der Waals surface area contributed by atoms with Gasteiger partial charge in [0.15, 0.2) is 9.84 Å². The number of hydrogen-bond acceptors (Lipinski definition) is 4. The van der Waals surface area contributed by atoms with Crippen molar-refractivity contribution >= 4 is 39.8 Å². The molecule has 0 aliphatic rings. The maximum Gasteiger partial charge on any atom is 0.252 e. The average molecular weight is 394 g/mol. The van der Waals surface area contributed by atoms with E-state index in [1.807, 2.05) is 0 Å². The fraction of sp³-hybridized carbons (Fsp3) is 0.143. The van der Waals surface area contributed by atoms with Crippen LogP contribution >= 0.6 is 24.0 Å². The number of rotatable bonds is 4. The molecule has 0 fully saturated rings. The number of aromatic nitrogens is 1. The summed E-state index contributed by atoms with van der Waals surface area (Å²) in [5, 5.41) is 8.14. The van der Waals surface area contributed by atoms with Crippen molar-refractivity contribution in [3.8, 4) is 0 Å². The van der Waals surface area contributed by atoms with Crippen LogP contribution in [0.1, 0.15) is 15.9 Å². The molecule has 0 unspecified atom stereocenters. The van der Waals surface area contributed by atoms with Crippen LogP contribution in [-0.2, 0) is 16.4 Å². The number of primary amides is 1. The first-order chi connectivity index (χ1) is 10.6. The first-order valence-electron chi connectivity index (χ1n) is 6.32. The van der Waals surface area contributed by atoms with Gasteiger partial charge in [-0.1, -0.05) is 17.7 Å². The maximum absolute atomic E-state index is 13.3. The highest BCUT2D eigenvalue weighted by Crippen LogP contribution is 2.19. The summed E-state index contributed by atoms with van der Waals surface area (Å²) >= 11 is 5.90. The van der Waals surface area contributed by atoms with Crippen molar-refractivity contribution in [1.82, 2.24) is 4.57 Å². The van der Waals surface area contributed by atoms with Crippen molar-refractivity contribution < 1.29 is 17.6 Å². The molecule has 1 amide bonds. The van der Waals surface area contributed by atoms with Crippen molar-refractivity contribution in [3.63, 3.8) is 0 Å². The predicted molar refractivity (Wildman–Crippen MR) is 89.7 cm³/mol. The van der Waals surface area contributed by atoms with Crippen LogP contribution in [0.4, 0.5) is 4.39 Å². The Balaban J connectivity index is 0.00000288. The Labute approximate surface area is 148 Å². The van der Waals surface area contributed by atoms with Gasteiger partial charge in [-0.3, -0.25) is 10.2 Å². The van der Waals surface area contributed by atoms with Gasteiger partial charge in [0.2, 0.25) is 0 Å². The molecule has 1 aromatic heterocycles. The minimum atomic E-state index is -3.66. The normalized spacial score (nSPS) is 11.0. The lowest BCUT2D eigenvalue weighted by molar-refractivity contribution is 0.0997. The quantitative estimate of drug-likeness (QED) is 0.825. The van der Waals surface area contributed by atoms with Gasteiger partial charge in [-0.05, 0) is 23.8 Å². The van der Waals surface area contributed by atoms with Crippen LogP contribution in [0.3, 0.4) is 0 Å². The van der Waals surface area contributed by atoms with E-state index >= 15 is 0 Å². The van der Waals surface area contributed by atoms with Crippen molar-refractivity contribution in [3.05, 3.63) is 57.9 Å². The highest BCUT2D eigenvalue weighted by Gasteiger charge is 2.16. The summed E-state index contributed by atoms with van der Waals surface area (Å²) in [4.78, 5) is 11.1. The second-order valence-corrected chi connectivity index (χ2v) is 7.36. The SMILES string of the molecule is CS(=O)(=O)c1cc(F)ccc1Cn1cc(Cl)cc(C(N)=O)c1=N.Cl. The third-order valence-corrected chi connectivity index (χ3v) is 4.52. The van der Waals surface area contributed by atoms with Crippen LogP contribution in [0.25, 0.3) is 0 Å². The van der Waals surface area contributed by atoms with Crippen LogP contribution in [-0.4, -0.2) is 25.1 Å². The van der Waals surface area contributed by atoms with E-state index in [1.54, 1.807) is 0 Å². The van der Waals surface area contributed by atoms with E-state index in [4.69, 9.17) is 22.7 Å². The zero-order valence-electron chi connectivity index (χ0n) is 12.4. The minimum Gasteiger partial charge on any atom is -0.365 e. The standard InChI is InChI=1S/C14H13ClFN3O3S.ClH/c1-23(21,22)12-5-10(16)3-2-8(12)6-19-7-9(15)4-11(13(19)17)14(18)20;/h2-5,7,17H,6H2,1H3,(H2,18,20);1H. The highest BCUT2D eigenvalue weighted by molar-refractivity contribution is 7.90. The Hall–Kier alpha value is -1.90. The van der Waals surface area contributed by atoms with E-state index in [9.17, 15) is 17.6 Å². The molecule has 130 valence electrons. The molecule has 24 heavy (non-hydrogen) atoms. The lowest BCUT2D eigenvalue weighted by Crippen LogP contribution is -2.30. The second-order valence-electron chi connectivity index (χ2n) is 4.94. The first kappa shape index (κ1) is 20.1. The molecule has 0 spiro atoms. The second kappa shape index (κ2) is 7.33. The molecule has 0 saturated heterocycles. The smallest absolute Gasteiger partial charge is 0.252 e. The van der Waals surface area contributed by atoms with E-state index < -0.39 is 21.6 Å². The van der Waals surface area contributed by atoms with Gasteiger partial charge in [-0.25, -0.2) is 12.8 Å². The van der Waals surface area contributed by atoms with Gasteiger partial charge in [0.1, 0.15) is 11.3 Å². The number of sulfone groups is 1. The zero-order valence-corrected chi connectivity index (χ0v) is 14.8. The van der Waals surface area contributed by atoms with Crippen molar-refractivity contribution in [2.45, 2.75) is 11.4 Å². The maximum atomic E-state index is 13.3. The number of carbonyl (C=O) groups is 1. The molecule has 0 bridgehead atoms. The van der Waals surface area contributed by atoms with Gasteiger partial charge in [0.05, 0.1) is 22.0 Å². The van der Waals surface area contributed by atoms with Gasteiger partial charge >= 0.3 is 0 Å². The molecule has 2 aromatic rings. The Bertz CT molecular complexity index is 958. The lowest BCUT2D eigenvalue weighted by Gasteiger charge is -2.13. The van der Waals surface area contributed by atoms with Crippen LogP contribution in [0.5, 0.6) is 0 Å². The van der Waals surface area contributed by atoms with Crippen molar-refractivity contribution in [2.24, 2.45) is 5.73 Å². The van der Waals surface area contributed by atoms with Crippen LogP contribution in [0.15, 0.2) is 35.4 Å². The number of hydrogen-bond donors (Lipinski definition) is 2. The summed E-state index contributed by atoms with van der Waals surface area (Å²) in [5.74, 6) is -1.51. The van der Waals surface area contributed by atoms with Crippen molar-refractivity contribution in [1.29, 1.82) is 5.41 Å². The summed E-state index contributed by atoms with van der Waals surface area (Å²) in [7, 11) is -3.66. The molecule has 10 heteroatoms. The molecule has 0 saturated carbocycles. The number of halogens is 3. The Kier molecular flexibility index (Phi) is 6.15. The van der Waals surface area contributed by atoms with Gasteiger partial charge in [0, 0.05) is 12.5 Å². The number of nitrogens with zero attached hydrogens (tertiary/aromatic N) is 1. The number of nitrogens with two attached hydrogens (primary N) is 1. The molecular formula is C14H14Cl2FN3O3S. The van der Waals surface area contributed by atoms with Gasteiger partial charge < -0.3 is 10.3 Å². The van der Waals surface area contributed by atoms with E-state index in [2.05, 4.69) is 0 Å². The molecule has 0 aliphatic carbocycles. The third kappa shape index (κ3) is 4.34. The largest absolute Gasteiger partial charge is 0.365 e. The Morgan fingerprint density at radius 2 is 2.00 bits per heavy atom. The van der Waals surface area contributed by atoms with E-state index in [0.717, 1.165) is 18.4 Å². The zero-order chi connectivity index (χ0) is 17.4. The molecular weight excluding hydrogens is 380 g/mol. The van der Waals surface area contributed by atoms with E-state index in [0.29, 0.717) is 0 Å². The van der Waals surface area contributed by atoms with Gasteiger partial charge in [-0.15, -0.1) is 12.4 Å². The number of pyridine rings is 1. The number of benzene rings is 1. The molecule has 0 radical (unpaired) electrons.